The van der Waals surface area contributed by atoms with Crippen LogP contribution in [0, 0.1) is 0 Å². The van der Waals surface area contributed by atoms with Gasteiger partial charge in [0.1, 0.15) is 17.4 Å². The first kappa shape index (κ1) is 26.5. The number of aromatic nitrogens is 2. The molecule has 5 N–H and O–H groups in total. The maximum Gasteiger partial charge on any atom is 0.339 e. The molecule has 0 amide bonds. The van der Waals surface area contributed by atoms with E-state index in [9.17, 15) is 9.90 Å². The van der Waals surface area contributed by atoms with Crippen molar-refractivity contribution in [1.29, 1.82) is 0 Å². The number of nitrogens with two attached hydrogens (primary N) is 2. The molecule has 8 heteroatoms. The van der Waals surface area contributed by atoms with Crippen molar-refractivity contribution < 1.29 is 14.6 Å². The highest BCUT2D eigenvalue weighted by Gasteiger charge is 2.26. The van der Waals surface area contributed by atoms with Gasteiger partial charge in [-0.25, -0.2) is 15.3 Å². The Bertz CT molecular complexity index is 1430. The Morgan fingerprint density at radius 1 is 1.08 bits per heavy atom. The van der Waals surface area contributed by atoms with Crippen molar-refractivity contribution in [3.63, 3.8) is 0 Å². The fraction of sp³-hybridized carbons (Fsp3) is 0.200. The number of carbonyl (C=O) groups is 1. The number of benzene rings is 3. The van der Waals surface area contributed by atoms with E-state index < -0.39 is 11.9 Å². The van der Waals surface area contributed by atoms with Gasteiger partial charge in [-0.3, -0.25) is 0 Å². The topological polar surface area (TPSA) is 120 Å². The fourth-order valence-corrected chi connectivity index (χ4v) is 4.54. The van der Waals surface area contributed by atoms with Crippen LogP contribution < -0.4 is 16.3 Å². The number of carboxylic acid groups (broad SMARTS) is 1. The summed E-state index contributed by atoms with van der Waals surface area (Å²) in [6, 6.07) is 25.8. The molecule has 0 radical (unpaired) electrons. The molecule has 196 valence electrons. The summed E-state index contributed by atoms with van der Waals surface area (Å²) in [6.45, 7) is 3.97. The van der Waals surface area contributed by atoms with Gasteiger partial charge in [-0.05, 0) is 54.3 Å². The number of hydrazine groups is 1. The molecule has 3 aromatic carbocycles. The van der Waals surface area contributed by atoms with E-state index >= 15 is 0 Å². The van der Waals surface area contributed by atoms with E-state index in [1.165, 1.54) is 11.2 Å². The lowest BCUT2D eigenvalue weighted by atomic mass is 9.95. The van der Waals surface area contributed by atoms with Crippen LogP contribution >= 0.6 is 0 Å². The van der Waals surface area contributed by atoms with Gasteiger partial charge in [-0.1, -0.05) is 61.5 Å². The van der Waals surface area contributed by atoms with Gasteiger partial charge in [0.25, 0.3) is 0 Å². The van der Waals surface area contributed by atoms with Crippen molar-refractivity contribution in [3.8, 4) is 22.6 Å². The Kier molecular flexibility index (Phi) is 8.13. The minimum Gasteiger partial charge on any atom is -0.486 e. The van der Waals surface area contributed by atoms with E-state index in [1.54, 1.807) is 17.9 Å². The summed E-state index contributed by atoms with van der Waals surface area (Å²) in [6.07, 6.45) is 3.43. The first-order valence-electron chi connectivity index (χ1n) is 12.5. The van der Waals surface area contributed by atoms with Crippen LogP contribution in [-0.2, 0) is 0 Å². The van der Waals surface area contributed by atoms with Crippen molar-refractivity contribution in [3.05, 3.63) is 114 Å². The van der Waals surface area contributed by atoms with Crippen LogP contribution in [0.1, 0.15) is 53.9 Å². The number of rotatable bonds is 10. The molecule has 0 aliphatic carbocycles. The molecule has 2 unspecified atom stereocenters. The van der Waals surface area contributed by atoms with Crippen LogP contribution in [0.3, 0.4) is 0 Å². The van der Waals surface area contributed by atoms with E-state index in [0.717, 1.165) is 28.1 Å². The van der Waals surface area contributed by atoms with Crippen LogP contribution in [0.15, 0.2) is 97.0 Å². The molecular formula is C30H33N5O3. The largest absolute Gasteiger partial charge is 0.486 e. The zero-order valence-corrected chi connectivity index (χ0v) is 21.8. The number of ether oxygens (including phenoxy) is 1. The summed E-state index contributed by atoms with van der Waals surface area (Å²) in [5.41, 5.74) is 11.1. The predicted octanol–water partition coefficient (Wildman–Crippen LogP) is 5.48. The lowest BCUT2D eigenvalue weighted by Crippen LogP contribution is -2.24. The van der Waals surface area contributed by atoms with E-state index in [-0.39, 0.29) is 11.7 Å². The van der Waals surface area contributed by atoms with Gasteiger partial charge in [0, 0.05) is 24.9 Å². The molecule has 4 rings (SSSR count). The maximum atomic E-state index is 12.1. The van der Waals surface area contributed by atoms with Gasteiger partial charge >= 0.3 is 5.97 Å². The van der Waals surface area contributed by atoms with E-state index in [0.29, 0.717) is 17.8 Å². The molecule has 0 saturated heterocycles. The highest BCUT2D eigenvalue weighted by atomic mass is 16.5. The van der Waals surface area contributed by atoms with Crippen LogP contribution in [-0.4, -0.2) is 32.9 Å². The van der Waals surface area contributed by atoms with Gasteiger partial charge in [0.2, 0.25) is 0 Å². The third-order valence-corrected chi connectivity index (χ3v) is 6.37. The second-order valence-corrected chi connectivity index (χ2v) is 9.16. The van der Waals surface area contributed by atoms with Crippen LogP contribution in [0.4, 0.5) is 0 Å². The van der Waals surface area contributed by atoms with Gasteiger partial charge in [0.05, 0.1) is 17.6 Å². The summed E-state index contributed by atoms with van der Waals surface area (Å²) in [5, 5.41) is 15.7. The highest BCUT2D eigenvalue weighted by Crippen LogP contribution is 2.32. The standard InChI is InChI=1S/C30H33N5O3/c1-4-26(28(31)19-34(3)32)29-27(30(36)37)18-33-35(29)24-14-8-12-22(16-24)23-13-9-15-25(17-23)38-20(2)21-10-6-5-7-11-21/h5-20,26H,4,31-32H2,1-3H3,(H,36,37)/b28-19-. The third kappa shape index (κ3) is 5.87. The molecule has 0 saturated carbocycles. The van der Waals surface area contributed by atoms with E-state index in [4.69, 9.17) is 16.3 Å². The van der Waals surface area contributed by atoms with Crippen molar-refractivity contribution in [2.75, 3.05) is 7.05 Å². The summed E-state index contributed by atoms with van der Waals surface area (Å²) < 4.78 is 7.86. The Morgan fingerprint density at radius 3 is 2.42 bits per heavy atom. The first-order valence-corrected chi connectivity index (χ1v) is 12.5. The van der Waals surface area contributed by atoms with Crippen LogP contribution in [0.25, 0.3) is 16.8 Å². The van der Waals surface area contributed by atoms with Gasteiger partial charge < -0.3 is 20.6 Å². The SMILES string of the molecule is CCC(/C(N)=C/N(C)N)c1c(C(=O)O)cnn1-c1cccc(-c2cccc(OC(C)c3ccccc3)c2)c1. The quantitative estimate of drug-likeness (QED) is 0.191. The van der Waals surface area contributed by atoms with Crippen molar-refractivity contribution in [2.24, 2.45) is 11.6 Å². The zero-order chi connectivity index (χ0) is 27.2. The lowest BCUT2D eigenvalue weighted by Gasteiger charge is -2.20. The molecule has 1 aromatic heterocycles. The minimum atomic E-state index is -1.06. The number of allylic oxidation sites excluding steroid dienone is 1. The number of hydrogen-bond acceptors (Lipinski definition) is 6. The summed E-state index contributed by atoms with van der Waals surface area (Å²) in [5.74, 6) is 5.07. The monoisotopic (exact) mass is 511 g/mol. The lowest BCUT2D eigenvalue weighted by molar-refractivity contribution is 0.0695. The van der Waals surface area contributed by atoms with Crippen molar-refractivity contribution in [1.82, 2.24) is 14.8 Å². The molecule has 4 aromatic rings. The van der Waals surface area contributed by atoms with Gasteiger partial charge in [0.15, 0.2) is 0 Å². The maximum absolute atomic E-state index is 12.1. The molecule has 1 heterocycles. The molecule has 0 fully saturated rings. The van der Waals surface area contributed by atoms with Crippen LogP contribution in [0.5, 0.6) is 5.75 Å². The van der Waals surface area contributed by atoms with E-state index in [2.05, 4.69) is 5.10 Å². The number of aromatic carboxylic acids is 1. The zero-order valence-electron chi connectivity index (χ0n) is 21.8. The van der Waals surface area contributed by atoms with E-state index in [1.807, 2.05) is 92.7 Å². The predicted molar refractivity (Wildman–Crippen MR) is 149 cm³/mol. The summed E-state index contributed by atoms with van der Waals surface area (Å²) >= 11 is 0. The normalized spacial score (nSPS) is 13.1. The molecule has 0 bridgehead atoms. The van der Waals surface area contributed by atoms with Gasteiger partial charge in [-0.15, -0.1) is 0 Å². The fourth-order valence-electron chi connectivity index (χ4n) is 4.54. The molecular weight excluding hydrogens is 478 g/mol. The molecule has 0 spiro atoms. The number of hydrogen-bond donors (Lipinski definition) is 3. The molecule has 8 nitrogen and oxygen atoms in total. The highest BCUT2D eigenvalue weighted by molar-refractivity contribution is 5.89. The molecule has 38 heavy (non-hydrogen) atoms. The summed E-state index contributed by atoms with van der Waals surface area (Å²) in [7, 11) is 1.66. The molecule has 2 atom stereocenters. The van der Waals surface area contributed by atoms with Crippen molar-refractivity contribution in [2.45, 2.75) is 32.3 Å². The Balaban J connectivity index is 1.71. The average molecular weight is 512 g/mol. The van der Waals surface area contributed by atoms with Gasteiger partial charge in [-0.2, -0.15) is 5.10 Å². The second kappa shape index (κ2) is 11.7. The number of carboxylic acids is 1. The third-order valence-electron chi connectivity index (χ3n) is 6.37. The summed E-state index contributed by atoms with van der Waals surface area (Å²) in [4.78, 5) is 12.1. The van der Waals surface area contributed by atoms with Crippen LogP contribution in [0.2, 0.25) is 0 Å². The average Bonchev–Trinajstić information content (AvgIpc) is 3.34. The molecule has 0 aliphatic rings. The Morgan fingerprint density at radius 2 is 1.76 bits per heavy atom. The number of nitrogens with zero attached hydrogens (tertiary/aromatic N) is 3. The first-order chi connectivity index (χ1) is 18.3. The smallest absolute Gasteiger partial charge is 0.339 e. The molecule has 0 aliphatic heterocycles. The minimum absolute atomic E-state index is 0.101. The second-order valence-electron chi connectivity index (χ2n) is 9.16. The Hall–Kier alpha value is -4.56. The Labute approximate surface area is 222 Å². The van der Waals surface area contributed by atoms with Crippen molar-refractivity contribution >= 4 is 5.97 Å².